The molecule has 2 aromatic rings. The molecule has 0 bridgehead atoms. The van der Waals surface area contributed by atoms with Crippen LogP contribution < -0.4 is 10.5 Å². The highest BCUT2D eigenvalue weighted by Gasteiger charge is 2.27. The molecule has 1 aliphatic heterocycles. The zero-order valence-corrected chi connectivity index (χ0v) is 15.4. The smallest absolute Gasteiger partial charge is 0.253 e. The lowest BCUT2D eigenvalue weighted by molar-refractivity contribution is -0.123. The van der Waals surface area contributed by atoms with Crippen LogP contribution in [0.15, 0.2) is 52.0 Å². The zero-order chi connectivity index (χ0) is 19.4. The molecule has 1 aliphatic rings. The van der Waals surface area contributed by atoms with Crippen molar-refractivity contribution in [1.29, 1.82) is 0 Å². The summed E-state index contributed by atoms with van der Waals surface area (Å²) in [5.41, 5.74) is 5.71. The summed E-state index contributed by atoms with van der Waals surface area (Å²) in [4.78, 5) is 25.6. The van der Waals surface area contributed by atoms with Gasteiger partial charge in [0.1, 0.15) is 5.76 Å². The Morgan fingerprint density at radius 3 is 2.59 bits per heavy atom. The van der Waals surface area contributed by atoms with E-state index in [9.17, 15) is 18.0 Å². The lowest BCUT2D eigenvalue weighted by Gasteiger charge is -2.31. The number of nitrogens with one attached hydrogen (secondary N) is 1. The van der Waals surface area contributed by atoms with Gasteiger partial charge in [-0.1, -0.05) is 0 Å². The monoisotopic (exact) mass is 391 g/mol. The lowest BCUT2D eigenvalue weighted by Crippen LogP contribution is -2.44. The van der Waals surface area contributed by atoms with Gasteiger partial charge < -0.3 is 15.1 Å². The number of rotatable bonds is 6. The van der Waals surface area contributed by atoms with Gasteiger partial charge in [-0.25, -0.2) is 13.1 Å². The first-order chi connectivity index (χ1) is 12.9. The van der Waals surface area contributed by atoms with Gasteiger partial charge >= 0.3 is 0 Å². The number of hydrogen-bond donors (Lipinski definition) is 2. The van der Waals surface area contributed by atoms with Crippen LogP contribution in [-0.2, 0) is 21.4 Å². The van der Waals surface area contributed by atoms with E-state index in [1.807, 2.05) is 0 Å². The molecule has 0 aliphatic carbocycles. The summed E-state index contributed by atoms with van der Waals surface area (Å²) in [5.74, 6) is -0.488. The number of carbonyl (C=O) groups is 2. The first-order valence-corrected chi connectivity index (χ1v) is 10.1. The number of nitrogens with zero attached hydrogens (tertiary/aromatic N) is 1. The van der Waals surface area contributed by atoms with Gasteiger partial charge in [0.05, 0.1) is 23.6 Å². The van der Waals surface area contributed by atoms with Crippen LogP contribution >= 0.6 is 0 Å². The quantitative estimate of drug-likeness (QED) is 0.763. The average molecular weight is 391 g/mol. The third-order valence-electron chi connectivity index (χ3n) is 4.54. The highest BCUT2D eigenvalue weighted by Crippen LogP contribution is 2.19. The Morgan fingerprint density at radius 2 is 1.96 bits per heavy atom. The second kappa shape index (κ2) is 7.93. The van der Waals surface area contributed by atoms with Crippen molar-refractivity contribution in [3.8, 4) is 0 Å². The lowest BCUT2D eigenvalue weighted by atomic mass is 9.97. The van der Waals surface area contributed by atoms with Crippen molar-refractivity contribution in [3.63, 3.8) is 0 Å². The Labute approximate surface area is 157 Å². The molecule has 2 amide bonds. The summed E-state index contributed by atoms with van der Waals surface area (Å²) in [5, 5.41) is 0. The molecule has 1 aromatic heterocycles. The predicted octanol–water partition coefficient (Wildman–Crippen LogP) is 1.10. The van der Waals surface area contributed by atoms with Crippen molar-refractivity contribution in [3.05, 3.63) is 54.0 Å². The number of benzene rings is 1. The number of furan rings is 1. The Bertz CT molecular complexity index is 907. The van der Waals surface area contributed by atoms with Gasteiger partial charge in [-0.3, -0.25) is 9.59 Å². The first kappa shape index (κ1) is 19.1. The van der Waals surface area contributed by atoms with Crippen LogP contribution in [-0.4, -0.2) is 38.2 Å². The topological polar surface area (TPSA) is 123 Å². The zero-order valence-electron chi connectivity index (χ0n) is 14.6. The SMILES string of the molecule is NC(=O)C1CCCN(C(=O)c2ccc(S(=O)(=O)NCc3ccco3)cc2)C1. The molecular weight excluding hydrogens is 370 g/mol. The van der Waals surface area contributed by atoms with Crippen molar-refractivity contribution in [2.75, 3.05) is 13.1 Å². The van der Waals surface area contributed by atoms with Crippen LogP contribution in [0.3, 0.4) is 0 Å². The van der Waals surface area contributed by atoms with E-state index in [2.05, 4.69) is 4.72 Å². The Hall–Kier alpha value is -2.65. The molecule has 0 spiro atoms. The van der Waals surface area contributed by atoms with E-state index in [0.29, 0.717) is 37.3 Å². The van der Waals surface area contributed by atoms with Gasteiger partial charge in [0.25, 0.3) is 5.91 Å². The van der Waals surface area contributed by atoms with Gasteiger partial charge in [0.2, 0.25) is 15.9 Å². The molecule has 1 unspecified atom stereocenters. The molecular formula is C18H21N3O5S. The van der Waals surface area contributed by atoms with Gasteiger partial charge in [0, 0.05) is 18.7 Å². The standard InChI is InChI=1S/C18H21N3O5S/c19-17(22)14-3-1-9-21(12-14)18(23)13-5-7-16(8-6-13)27(24,25)20-11-15-4-2-10-26-15/h2,4-8,10,14,20H,1,3,9,11-12H2,(H2,19,22). The summed E-state index contributed by atoms with van der Waals surface area (Å²) in [6, 6.07) is 9.05. The molecule has 3 N–H and O–H groups in total. The maximum absolute atomic E-state index is 12.6. The van der Waals surface area contributed by atoms with Crippen LogP contribution in [0.5, 0.6) is 0 Å². The molecule has 0 radical (unpaired) electrons. The number of primary amides is 1. The molecule has 1 saturated heterocycles. The number of sulfonamides is 1. The van der Waals surface area contributed by atoms with E-state index in [1.54, 1.807) is 17.0 Å². The van der Waals surface area contributed by atoms with E-state index in [4.69, 9.17) is 10.2 Å². The number of hydrogen-bond acceptors (Lipinski definition) is 5. The molecule has 3 rings (SSSR count). The minimum absolute atomic E-state index is 0.0400. The van der Waals surface area contributed by atoms with E-state index in [0.717, 1.165) is 0 Å². The highest BCUT2D eigenvalue weighted by molar-refractivity contribution is 7.89. The third kappa shape index (κ3) is 4.55. The van der Waals surface area contributed by atoms with Crippen molar-refractivity contribution < 1.29 is 22.4 Å². The first-order valence-electron chi connectivity index (χ1n) is 8.57. The predicted molar refractivity (Wildman–Crippen MR) is 97.0 cm³/mol. The third-order valence-corrected chi connectivity index (χ3v) is 5.96. The number of carbonyl (C=O) groups excluding carboxylic acids is 2. The summed E-state index contributed by atoms with van der Waals surface area (Å²) in [7, 11) is -3.72. The van der Waals surface area contributed by atoms with E-state index >= 15 is 0 Å². The highest BCUT2D eigenvalue weighted by atomic mass is 32.2. The van der Waals surface area contributed by atoms with Crippen molar-refractivity contribution >= 4 is 21.8 Å². The number of piperidine rings is 1. The van der Waals surface area contributed by atoms with Crippen molar-refractivity contribution in [2.24, 2.45) is 11.7 Å². The van der Waals surface area contributed by atoms with Gasteiger partial charge in [-0.2, -0.15) is 0 Å². The Balaban J connectivity index is 1.67. The summed E-state index contributed by atoms with van der Waals surface area (Å²) < 4.78 is 32.2. The normalized spacial score (nSPS) is 17.6. The fraction of sp³-hybridized carbons (Fsp3) is 0.333. The minimum Gasteiger partial charge on any atom is -0.468 e. The summed E-state index contributed by atoms with van der Waals surface area (Å²) in [6.45, 7) is 0.880. The number of amides is 2. The van der Waals surface area contributed by atoms with Crippen molar-refractivity contribution in [2.45, 2.75) is 24.3 Å². The van der Waals surface area contributed by atoms with E-state index < -0.39 is 15.9 Å². The molecule has 0 saturated carbocycles. The fourth-order valence-electron chi connectivity index (χ4n) is 3.02. The number of likely N-dealkylation sites (tertiary alicyclic amines) is 1. The molecule has 1 atom stereocenters. The molecule has 1 aromatic carbocycles. The Kier molecular flexibility index (Phi) is 5.62. The maximum atomic E-state index is 12.6. The van der Waals surface area contributed by atoms with Crippen LogP contribution in [0.1, 0.15) is 29.0 Å². The van der Waals surface area contributed by atoms with E-state index in [1.165, 1.54) is 30.5 Å². The van der Waals surface area contributed by atoms with Crippen LogP contribution in [0.4, 0.5) is 0 Å². The average Bonchev–Trinajstić information content (AvgIpc) is 3.20. The van der Waals surface area contributed by atoms with Crippen molar-refractivity contribution in [1.82, 2.24) is 9.62 Å². The largest absolute Gasteiger partial charge is 0.468 e. The molecule has 8 nitrogen and oxygen atoms in total. The van der Waals surface area contributed by atoms with Gasteiger partial charge in [0.15, 0.2) is 0 Å². The second-order valence-electron chi connectivity index (χ2n) is 6.42. The fourth-order valence-corrected chi connectivity index (χ4v) is 4.01. The van der Waals surface area contributed by atoms with Gasteiger partial charge in [-0.05, 0) is 49.2 Å². The summed E-state index contributed by atoms with van der Waals surface area (Å²) >= 11 is 0. The maximum Gasteiger partial charge on any atom is 0.253 e. The van der Waals surface area contributed by atoms with Crippen LogP contribution in [0.25, 0.3) is 0 Å². The van der Waals surface area contributed by atoms with Crippen LogP contribution in [0.2, 0.25) is 0 Å². The Morgan fingerprint density at radius 1 is 1.22 bits per heavy atom. The second-order valence-corrected chi connectivity index (χ2v) is 8.19. The molecule has 9 heteroatoms. The van der Waals surface area contributed by atoms with Gasteiger partial charge in [-0.15, -0.1) is 0 Å². The van der Waals surface area contributed by atoms with Crippen LogP contribution in [0, 0.1) is 5.92 Å². The van der Waals surface area contributed by atoms with E-state index in [-0.39, 0.29) is 23.3 Å². The molecule has 1 fully saturated rings. The summed E-state index contributed by atoms with van der Waals surface area (Å²) in [6.07, 6.45) is 2.85. The molecule has 27 heavy (non-hydrogen) atoms. The molecule has 144 valence electrons. The number of nitrogens with two attached hydrogens (primary N) is 1. The molecule has 2 heterocycles. The minimum atomic E-state index is -3.72.